The predicted octanol–water partition coefficient (Wildman–Crippen LogP) is 3.85. The maximum Gasteiger partial charge on any atom is 0.292 e. The summed E-state index contributed by atoms with van der Waals surface area (Å²) in [6.45, 7) is 1.69. The van der Waals surface area contributed by atoms with Crippen molar-refractivity contribution in [3.05, 3.63) is 67.9 Å². The quantitative estimate of drug-likeness (QED) is 0.245. The second-order valence-corrected chi connectivity index (χ2v) is 8.42. The minimum absolute atomic E-state index is 0.0328. The van der Waals surface area contributed by atoms with Crippen molar-refractivity contribution < 1.29 is 18.9 Å². The fourth-order valence-corrected chi connectivity index (χ4v) is 4.06. The topological polar surface area (TPSA) is 156 Å². The number of amides is 1. The SMILES string of the molecule is COc1ccc(C=NNC(=O)c2c(C)nnn2-c2nonc2N)cc1COc1c(Cl)cc(Cl)cc1Cl. The smallest absolute Gasteiger partial charge is 0.292 e. The molecule has 2 aromatic heterocycles. The van der Waals surface area contributed by atoms with Crippen LogP contribution in [0.1, 0.15) is 27.3 Å². The van der Waals surface area contributed by atoms with Crippen LogP contribution in [0.2, 0.25) is 15.1 Å². The standard InChI is InChI=1S/C21H17Cl3N8O4/c1-10-17(32(31-27-10)20-19(25)29-36-30-20)21(33)28-26-8-11-3-4-16(34-2)12(5-11)9-35-18-14(23)6-13(22)7-15(18)24/h3-8H,9H2,1-2H3,(H2,25,29)(H,28,33). The molecule has 0 radical (unpaired) electrons. The molecule has 0 aliphatic rings. The van der Waals surface area contributed by atoms with E-state index in [1.54, 1.807) is 25.1 Å². The molecule has 0 aliphatic carbocycles. The number of nitrogen functional groups attached to an aromatic ring is 1. The average molecular weight is 552 g/mol. The maximum atomic E-state index is 12.7. The fourth-order valence-electron chi connectivity index (χ4n) is 3.13. The van der Waals surface area contributed by atoms with E-state index in [0.717, 1.165) is 4.68 Å². The lowest BCUT2D eigenvalue weighted by atomic mass is 10.1. The Morgan fingerprint density at radius 1 is 1.22 bits per heavy atom. The lowest BCUT2D eigenvalue weighted by Crippen LogP contribution is -2.22. The molecular weight excluding hydrogens is 535 g/mol. The van der Waals surface area contributed by atoms with Crippen molar-refractivity contribution in [1.82, 2.24) is 30.7 Å². The lowest BCUT2D eigenvalue weighted by molar-refractivity contribution is 0.0946. The number of anilines is 1. The van der Waals surface area contributed by atoms with Crippen molar-refractivity contribution in [3.8, 4) is 17.3 Å². The first-order chi connectivity index (χ1) is 17.3. The molecule has 0 bridgehead atoms. The Morgan fingerprint density at radius 3 is 2.64 bits per heavy atom. The average Bonchev–Trinajstić information content (AvgIpc) is 3.43. The van der Waals surface area contributed by atoms with E-state index in [0.29, 0.717) is 33.3 Å². The number of nitrogens with one attached hydrogen (secondary N) is 1. The Balaban J connectivity index is 1.49. The second-order valence-electron chi connectivity index (χ2n) is 7.17. The number of carbonyl (C=O) groups is 1. The second kappa shape index (κ2) is 10.8. The molecule has 3 N–H and O–H groups in total. The summed E-state index contributed by atoms with van der Waals surface area (Å²) in [5.41, 5.74) is 9.84. The van der Waals surface area contributed by atoms with Gasteiger partial charge in [-0.25, -0.2) is 10.1 Å². The van der Waals surface area contributed by atoms with Crippen LogP contribution in [0.3, 0.4) is 0 Å². The van der Waals surface area contributed by atoms with E-state index < -0.39 is 5.91 Å². The van der Waals surface area contributed by atoms with Crippen molar-refractivity contribution in [2.45, 2.75) is 13.5 Å². The zero-order chi connectivity index (χ0) is 25.8. The third-order valence-corrected chi connectivity index (χ3v) is 5.55. The van der Waals surface area contributed by atoms with Gasteiger partial charge in [0.25, 0.3) is 5.91 Å². The highest BCUT2D eigenvalue weighted by atomic mass is 35.5. The number of aromatic nitrogens is 5. The number of carbonyl (C=O) groups excluding carboxylic acids is 1. The summed E-state index contributed by atoms with van der Waals surface area (Å²) in [6, 6.07) is 8.31. The number of ether oxygens (including phenoxy) is 2. The van der Waals surface area contributed by atoms with E-state index in [2.05, 4.69) is 35.8 Å². The van der Waals surface area contributed by atoms with E-state index in [-0.39, 0.29) is 34.0 Å². The van der Waals surface area contributed by atoms with Crippen LogP contribution in [0.5, 0.6) is 11.5 Å². The van der Waals surface area contributed by atoms with Gasteiger partial charge >= 0.3 is 0 Å². The summed E-state index contributed by atoms with van der Waals surface area (Å²) < 4.78 is 16.9. The number of hydrogen-bond acceptors (Lipinski definition) is 10. The van der Waals surface area contributed by atoms with Crippen LogP contribution in [-0.2, 0) is 6.61 Å². The zero-order valence-corrected chi connectivity index (χ0v) is 21.0. The first-order valence-electron chi connectivity index (χ1n) is 10.1. The van der Waals surface area contributed by atoms with Crippen LogP contribution in [0.25, 0.3) is 5.82 Å². The van der Waals surface area contributed by atoms with Gasteiger partial charge in [0.15, 0.2) is 11.4 Å². The first kappa shape index (κ1) is 25.2. The normalized spacial score (nSPS) is 11.1. The van der Waals surface area contributed by atoms with Crippen LogP contribution >= 0.6 is 34.8 Å². The Kier molecular flexibility index (Phi) is 7.58. The van der Waals surface area contributed by atoms with Gasteiger partial charge in [0, 0.05) is 10.6 Å². The van der Waals surface area contributed by atoms with Crippen molar-refractivity contribution in [2.75, 3.05) is 12.8 Å². The summed E-state index contributed by atoms with van der Waals surface area (Å²) in [6.07, 6.45) is 1.44. The summed E-state index contributed by atoms with van der Waals surface area (Å²) in [7, 11) is 1.53. The molecule has 0 atom stereocenters. The monoisotopic (exact) mass is 550 g/mol. The summed E-state index contributed by atoms with van der Waals surface area (Å²) in [5, 5.41) is 19.8. The van der Waals surface area contributed by atoms with Crippen molar-refractivity contribution in [3.63, 3.8) is 0 Å². The van der Waals surface area contributed by atoms with Gasteiger partial charge in [0.2, 0.25) is 11.6 Å². The number of aryl methyl sites for hydroxylation is 1. The molecule has 186 valence electrons. The molecule has 0 aliphatic heterocycles. The van der Waals surface area contributed by atoms with Gasteiger partial charge in [-0.05, 0) is 53.1 Å². The molecule has 2 aromatic carbocycles. The van der Waals surface area contributed by atoms with Crippen LogP contribution in [0.15, 0.2) is 40.1 Å². The molecular formula is C21H17Cl3N8O4. The highest BCUT2D eigenvalue weighted by Crippen LogP contribution is 2.36. The highest BCUT2D eigenvalue weighted by Gasteiger charge is 2.22. The minimum Gasteiger partial charge on any atom is -0.496 e. The molecule has 0 saturated carbocycles. The Labute approximate surface area is 218 Å². The van der Waals surface area contributed by atoms with E-state index in [1.807, 2.05) is 0 Å². The number of nitrogens with zero attached hydrogens (tertiary/aromatic N) is 6. The number of benzene rings is 2. The number of rotatable bonds is 8. The number of halogens is 3. The number of hydrazone groups is 1. The largest absolute Gasteiger partial charge is 0.496 e. The Morgan fingerprint density at radius 2 is 1.97 bits per heavy atom. The molecule has 2 heterocycles. The van der Waals surface area contributed by atoms with Crippen molar-refractivity contribution in [2.24, 2.45) is 5.10 Å². The molecule has 4 aromatic rings. The van der Waals surface area contributed by atoms with Gasteiger partial charge < -0.3 is 15.2 Å². The molecule has 0 fully saturated rings. The first-order valence-corrected chi connectivity index (χ1v) is 11.2. The van der Waals surface area contributed by atoms with Gasteiger partial charge in [-0.1, -0.05) is 40.0 Å². The van der Waals surface area contributed by atoms with Gasteiger partial charge in [-0.3, -0.25) is 4.79 Å². The number of nitrogens with two attached hydrogens (primary N) is 1. The predicted molar refractivity (Wildman–Crippen MR) is 132 cm³/mol. The Bertz CT molecular complexity index is 1430. The molecule has 4 rings (SSSR count). The van der Waals surface area contributed by atoms with Gasteiger partial charge in [-0.15, -0.1) is 5.10 Å². The van der Waals surface area contributed by atoms with Crippen LogP contribution < -0.4 is 20.6 Å². The van der Waals surface area contributed by atoms with Gasteiger partial charge in [0.1, 0.15) is 12.4 Å². The van der Waals surface area contributed by atoms with Crippen LogP contribution in [-0.4, -0.2) is 44.5 Å². The summed E-state index contributed by atoms with van der Waals surface area (Å²) in [5.74, 6) is 0.249. The van der Waals surface area contributed by atoms with Crippen molar-refractivity contribution >= 4 is 52.7 Å². The molecule has 0 spiro atoms. The van der Waals surface area contributed by atoms with E-state index in [4.69, 9.17) is 50.0 Å². The summed E-state index contributed by atoms with van der Waals surface area (Å²) in [4.78, 5) is 12.7. The van der Waals surface area contributed by atoms with Gasteiger partial charge in [-0.2, -0.15) is 9.78 Å². The van der Waals surface area contributed by atoms with E-state index in [1.165, 1.54) is 25.5 Å². The molecule has 12 nitrogen and oxygen atoms in total. The summed E-state index contributed by atoms with van der Waals surface area (Å²) >= 11 is 18.3. The minimum atomic E-state index is -0.597. The van der Waals surface area contributed by atoms with Crippen LogP contribution in [0, 0.1) is 6.92 Å². The molecule has 0 saturated heterocycles. The molecule has 1 amide bonds. The number of hydrogen-bond donors (Lipinski definition) is 2. The highest BCUT2D eigenvalue weighted by molar-refractivity contribution is 6.40. The van der Waals surface area contributed by atoms with Crippen molar-refractivity contribution in [1.29, 1.82) is 0 Å². The lowest BCUT2D eigenvalue weighted by Gasteiger charge is -2.13. The zero-order valence-electron chi connectivity index (χ0n) is 18.7. The molecule has 36 heavy (non-hydrogen) atoms. The third kappa shape index (κ3) is 5.35. The number of methoxy groups -OCH3 is 1. The van der Waals surface area contributed by atoms with E-state index >= 15 is 0 Å². The van der Waals surface area contributed by atoms with E-state index in [9.17, 15) is 4.79 Å². The third-order valence-electron chi connectivity index (χ3n) is 4.77. The maximum absolute atomic E-state index is 12.7. The molecule has 15 heteroatoms. The van der Waals surface area contributed by atoms with Crippen LogP contribution in [0.4, 0.5) is 5.82 Å². The Hall–Kier alpha value is -3.87. The fraction of sp³-hybridized carbons (Fsp3) is 0.143. The van der Waals surface area contributed by atoms with Gasteiger partial charge in [0.05, 0.1) is 29.1 Å². The molecule has 0 unspecified atom stereocenters.